The van der Waals surface area contributed by atoms with Crippen LogP contribution in [-0.4, -0.2) is 36.4 Å². The lowest BCUT2D eigenvalue weighted by Crippen LogP contribution is -2.53. The van der Waals surface area contributed by atoms with Crippen LogP contribution in [0.15, 0.2) is 48.5 Å². The lowest BCUT2D eigenvalue weighted by molar-refractivity contribution is -0.145. The van der Waals surface area contributed by atoms with E-state index in [0.717, 1.165) is 0 Å². The summed E-state index contributed by atoms with van der Waals surface area (Å²) >= 11 is 0. The number of amides is 2. The van der Waals surface area contributed by atoms with Gasteiger partial charge >= 0.3 is 0 Å². The Hall–Kier alpha value is -2.96. The first-order chi connectivity index (χ1) is 12.1. The molecule has 0 saturated carbocycles. The highest BCUT2D eigenvalue weighted by atomic mass is 19.1. The third-order valence-corrected chi connectivity index (χ3v) is 3.91. The van der Waals surface area contributed by atoms with Gasteiger partial charge in [0.15, 0.2) is 18.2 Å². The molecule has 1 fully saturated rings. The average molecular weight is 346 g/mol. The fourth-order valence-corrected chi connectivity index (χ4v) is 2.70. The van der Waals surface area contributed by atoms with E-state index in [4.69, 9.17) is 4.74 Å². The van der Waals surface area contributed by atoms with Gasteiger partial charge in [0.1, 0.15) is 11.9 Å². The molecule has 1 aliphatic rings. The second-order valence-corrected chi connectivity index (χ2v) is 5.55. The first-order valence-corrected chi connectivity index (χ1v) is 7.76. The van der Waals surface area contributed by atoms with E-state index in [9.17, 15) is 18.4 Å². The Bertz CT molecular complexity index is 780. The number of piperazine rings is 1. The number of rotatable bonds is 4. The summed E-state index contributed by atoms with van der Waals surface area (Å²) < 4.78 is 31.9. The van der Waals surface area contributed by atoms with Crippen molar-refractivity contribution in [3.8, 4) is 5.75 Å². The van der Waals surface area contributed by atoms with Gasteiger partial charge in [-0.1, -0.05) is 24.3 Å². The Morgan fingerprint density at radius 3 is 2.60 bits per heavy atom. The van der Waals surface area contributed by atoms with Crippen LogP contribution in [0.3, 0.4) is 0 Å². The van der Waals surface area contributed by atoms with E-state index in [-0.39, 0.29) is 18.2 Å². The smallest absolute Gasteiger partial charge is 0.261 e. The molecule has 2 aromatic carbocycles. The Labute approximate surface area is 143 Å². The number of ether oxygens (including phenoxy) is 1. The molecule has 1 saturated heterocycles. The molecule has 1 heterocycles. The van der Waals surface area contributed by atoms with Crippen molar-refractivity contribution in [1.82, 2.24) is 10.2 Å². The number of para-hydroxylation sites is 1. The lowest BCUT2D eigenvalue weighted by Gasteiger charge is -2.35. The fraction of sp³-hybridized carbons (Fsp3) is 0.222. The largest absolute Gasteiger partial charge is 0.481 e. The summed E-state index contributed by atoms with van der Waals surface area (Å²) in [6.45, 7) is 0.196. The van der Waals surface area contributed by atoms with Crippen LogP contribution in [0.4, 0.5) is 8.78 Å². The number of benzene rings is 2. The molecule has 2 amide bonds. The first kappa shape index (κ1) is 16.9. The second kappa shape index (κ2) is 7.29. The van der Waals surface area contributed by atoms with Crippen molar-refractivity contribution < 1.29 is 23.1 Å². The van der Waals surface area contributed by atoms with Gasteiger partial charge in [-0.05, 0) is 29.8 Å². The monoisotopic (exact) mass is 346 g/mol. The minimum atomic E-state index is -0.869. The molecule has 0 aromatic heterocycles. The maximum atomic E-state index is 13.6. The molecule has 1 aliphatic heterocycles. The van der Waals surface area contributed by atoms with Gasteiger partial charge in [-0.2, -0.15) is 0 Å². The van der Waals surface area contributed by atoms with E-state index >= 15 is 0 Å². The first-order valence-electron chi connectivity index (χ1n) is 7.76. The van der Waals surface area contributed by atoms with Gasteiger partial charge in [-0.25, -0.2) is 8.78 Å². The zero-order valence-electron chi connectivity index (χ0n) is 13.2. The van der Waals surface area contributed by atoms with Gasteiger partial charge in [-0.15, -0.1) is 0 Å². The third kappa shape index (κ3) is 3.76. The van der Waals surface area contributed by atoms with E-state index in [2.05, 4.69) is 5.32 Å². The molecular weight excluding hydrogens is 330 g/mol. The van der Waals surface area contributed by atoms with Crippen LogP contribution in [0, 0.1) is 11.6 Å². The standard InChI is InChI=1S/C18H16F2N2O3/c19-13-7-5-12(6-8-13)17-18(24)21-9-10-22(17)16(23)11-25-15-4-2-1-3-14(15)20/h1-8,17H,9-11H2,(H,21,24). The normalized spacial score (nSPS) is 17.1. The summed E-state index contributed by atoms with van der Waals surface area (Å²) in [5.74, 6) is -1.83. The molecule has 5 nitrogen and oxygen atoms in total. The molecule has 25 heavy (non-hydrogen) atoms. The fourth-order valence-electron chi connectivity index (χ4n) is 2.70. The summed E-state index contributed by atoms with van der Waals surface area (Å²) in [5.41, 5.74) is 0.498. The molecule has 0 aliphatic carbocycles. The summed E-state index contributed by atoms with van der Waals surface area (Å²) in [7, 11) is 0. The maximum absolute atomic E-state index is 13.6. The van der Waals surface area contributed by atoms with E-state index in [1.54, 1.807) is 6.07 Å². The number of carbonyl (C=O) groups is 2. The number of halogens is 2. The van der Waals surface area contributed by atoms with Crippen LogP contribution in [0.1, 0.15) is 11.6 Å². The zero-order valence-corrected chi connectivity index (χ0v) is 13.2. The number of nitrogens with zero attached hydrogens (tertiary/aromatic N) is 1. The topological polar surface area (TPSA) is 58.6 Å². The Morgan fingerprint density at radius 2 is 1.88 bits per heavy atom. The predicted octanol–water partition coefficient (Wildman–Crippen LogP) is 2.04. The predicted molar refractivity (Wildman–Crippen MR) is 85.8 cm³/mol. The van der Waals surface area contributed by atoms with E-state index in [1.807, 2.05) is 0 Å². The molecule has 2 aromatic rings. The number of nitrogens with one attached hydrogen (secondary N) is 1. The van der Waals surface area contributed by atoms with Crippen LogP contribution >= 0.6 is 0 Å². The summed E-state index contributed by atoms with van der Waals surface area (Å²) in [6, 6.07) is 10.3. The SMILES string of the molecule is O=C1NCCN(C(=O)COc2ccccc2F)C1c1ccc(F)cc1. The Kier molecular flexibility index (Phi) is 4.92. The molecule has 1 atom stereocenters. The highest BCUT2D eigenvalue weighted by molar-refractivity contribution is 5.90. The number of hydrogen-bond donors (Lipinski definition) is 1. The van der Waals surface area contributed by atoms with Gasteiger partial charge in [0.05, 0.1) is 0 Å². The van der Waals surface area contributed by atoms with Crippen LogP contribution in [0.5, 0.6) is 5.75 Å². The summed E-state index contributed by atoms with van der Waals surface area (Å²) in [5, 5.41) is 2.69. The van der Waals surface area contributed by atoms with Crippen molar-refractivity contribution in [3.63, 3.8) is 0 Å². The number of hydrogen-bond acceptors (Lipinski definition) is 3. The molecular formula is C18H16F2N2O3. The van der Waals surface area contributed by atoms with E-state index in [0.29, 0.717) is 12.1 Å². The highest BCUT2D eigenvalue weighted by Gasteiger charge is 2.34. The lowest BCUT2D eigenvalue weighted by atomic mass is 10.0. The van der Waals surface area contributed by atoms with Crippen molar-refractivity contribution in [2.45, 2.75) is 6.04 Å². The maximum Gasteiger partial charge on any atom is 0.261 e. The Balaban J connectivity index is 1.75. The molecule has 1 N–H and O–H groups in total. The van der Waals surface area contributed by atoms with Gasteiger partial charge in [0, 0.05) is 13.1 Å². The van der Waals surface area contributed by atoms with Gasteiger partial charge in [-0.3, -0.25) is 9.59 Å². The highest BCUT2D eigenvalue weighted by Crippen LogP contribution is 2.24. The van der Waals surface area contributed by atoms with Crippen molar-refractivity contribution >= 4 is 11.8 Å². The van der Waals surface area contributed by atoms with Crippen LogP contribution in [0.25, 0.3) is 0 Å². The van der Waals surface area contributed by atoms with Gasteiger partial charge < -0.3 is 15.0 Å². The van der Waals surface area contributed by atoms with E-state index < -0.39 is 30.2 Å². The summed E-state index contributed by atoms with van der Waals surface area (Å²) in [6.07, 6.45) is 0. The second-order valence-electron chi connectivity index (χ2n) is 5.55. The molecule has 0 spiro atoms. The van der Waals surface area contributed by atoms with Crippen molar-refractivity contribution in [2.24, 2.45) is 0 Å². The summed E-state index contributed by atoms with van der Waals surface area (Å²) in [4.78, 5) is 26.1. The van der Waals surface area contributed by atoms with Gasteiger partial charge in [0.25, 0.3) is 5.91 Å². The molecule has 130 valence electrons. The molecule has 0 radical (unpaired) electrons. The van der Waals surface area contributed by atoms with Gasteiger partial charge in [0.2, 0.25) is 5.91 Å². The molecule has 7 heteroatoms. The van der Waals surface area contributed by atoms with Crippen molar-refractivity contribution in [2.75, 3.05) is 19.7 Å². The van der Waals surface area contributed by atoms with Crippen LogP contribution < -0.4 is 10.1 Å². The Morgan fingerprint density at radius 1 is 1.16 bits per heavy atom. The molecule has 3 rings (SSSR count). The minimum absolute atomic E-state index is 0.0318. The average Bonchev–Trinajstić information content (AvgIpc) is 2.61. The molecule has 1 unspecified atom stereocenters. The molecule has 0 bridgehead atoms. The van der Waals surface area contributed by atoms with Crippen LogP contribution in [0.2, 0.25) is 0 Å². The van der Waals surface area contributed by atoms with Crippen molar-refractivity contribution in [3.05, 3.63) is 65.7 Å². The zero-order chi connectivity index (χ0) is 17.8. The van der Waals surface area contributed by atoms with Crippen LogP contribution in [-0.2, 0) is 9.59 Å². The third-order valence-electron chi connectivity index (χ3n) is 3.91. The van der Waals surface area contributed by atoms with E-state index in [1.165, 1.54) is 47.4 Å². The minimum Gasteiger partial charge on any atom is -0.481 e. The quantitative estimate of drug-likeness (QED) is 0.922. The van der Waals surface area contributed by atoms with Crippen molar-refractivity contribution in [1.29, 1.82) is 0 Å². The number of carbonyl (C=O) groups excluding carboxylic acids is 2.